The molecule has 0 saturated heterocycles. The molecule has 0 aliphatic heterocycles. The van der Waals surface area contributed by atoms with Crippen LogP contribution in [0.25, 0.3) is 0 Å². The Bertz CT molecular complexity index is 916. The molecule has 136 valence electrons. The molecule has 0 saturated carbocycles. The van der Waals surface area contributed by atoms with Crippen LogP contribution in [0.3, 0.4) is 0 Å². The Kier molecular flexibility index (Phi) is 6.36. The van der Waals surface area contributed by atoms with Gasteiger partial charge in [0.2, 0.25) is 15.9 Å². The van der Waals surface area contributed by atoms with Gasteiger partial charge in [-0.25, -0.2) is 8.42 Å². The van der Waals surface area contributed by atoms with Crippen molar-refractivity contribution in [3.63, 3.8) is 0 Å². The molecule has 0 atom stereocenters. The molecule has 0 aliphatic carbocycles. The summed E-state index contributed by atoms with van der Waals surface area (Å²) in [7, 11) is -3.55. The van der Waals surface area contributed by atoms with Crippen molar-refractivity contribution in [2.24, 2.45) is 0 Å². The van der Waals surface area contributed by atoms with Crippen LogP contribution < -0.4 is 9.62 Å². The van der Waals surface area contributed by atoms with Crippen LogP contribution >= 0.6 is 0 Å². The molecule has 0 spiro atoms. The maximum Gasteiger partial charge on any atom is 0.232 e. The fourth-order valence-electron chi connectivity index (χ4n) is 2.55. The summed E-state index contributed by atoms with van der Waals surface area (Å²) >= 11 is 0. The Balaban J connectivity index is 2.09. The average Bonchev–Trinajstić information content (AvgIpc) is 2.61. The van der Waals surface area contributed by atoms with Crippen molar-refractivity contribution in [2.45, 2.75) is 19.8 Å². The zero-order chi connectivity index (χ0) is 19.2. The van der Waals surface area contributed by atoms with Gasteiger partial charge in [0.25, 0.3) is 0 Å². The van der Waals surface area contributed by atoms with Crippen LogP contribution in [0.15, 0.2) is 48.5 Å². The molecule has 6 nitrogen and oxygen atoms in total. The van der Waals surface area contributed by atoms with Crippen LogP contribution in [0, 0.1) is 11.3 Å². The minimum atomic E-state index is -3.55. The lowest BCUT2D eigenvalue weighted by molar-refractivity contribution is -0.116. The lowest BCUT2D eigenvalue weighted by Crippen LogP contribution is -2.33. The van der Waals surface area contributed by atoms with Crippen LogP contribution in [0.1, 0.15) is 24.5 Å². The lowest BCUT2D eigenvalue weighted by atomic mass is 10.1. The molecule has 0 fully saturated rings. The van der Waals surface area contributed by atoms with Gasteiger partial charge in [-0.3, -0.25) is 9.10 Å². The number of nitriles is 1. The maximum atomic E-state index is 12.3. The Morgan fingerprint density at radius 1 is 1.15 bits per heavy atom. The Hall–Kier alpha value is -2.85. The van der Waals surface area contributed by atoms with Gasteiger partial charge >= 0.3 is 0 Å². The second-order valence-corrected chi connectivity index (χ2v) is 7.71. The molecule has 0 heterocycles. The highest BCUT2D eigenvalue weighted by molar-refractivity contribution is 7.92. The molecule has 1 N–H and O–H groups in total. The van der Waals surface area contributed by atoms with E-state index < -0.39 is 10.0 Å². The Labute approximate surface area is 154 Å². The van der Waals surface area contributed by atoms with Gasteiger partial charge < -0.3 is 5.32 Å². The van der Waals surface area contributed by atoms with Crippen molar-refractivity contribution in [3.05, 3.63) is 59.7 Å². The summed E-state index contributed by atoms with van der Waals surface area (Å²) in [6.45, 7) is 2.02. The molecule has 0 radical (unpaired) electrons. The van der Waals surface area contributed by atoms with E-state index in [2.05, 4.69) is 5.32 Å². The molecule has 0 aliphatic rings. The number of nitrogens with zero attached hydrogens (tertiary/aromatic N) is 2. The summed E-state index contributed by atoms with van der Waals surface area (Å²) in [5, 5.41) is 11.7. The number of anilines is 2. The normalized spacial score (nSPS) is 10.8. The van der Waals surface area contributed by atoms with Gasteiger partial charge in [-0.1, -0.05) is 25.1 Å². The van der Waals surface area contributed by atoms with Gasteiger partial charge in [0.1, 0.15) is 0 Å². The molecule has 2 rings (SSSR count). The summed E-state index contributed by atoms with van der Waals surface area (Å²) in [5.74, 6) is -0.256. The van der Waals surface area contributed by atoms with E-state index in [0.717, 1.165) is 23.9 Å². The number of hydrogen-bond acceptors (Lipinski definition) is 4. The third kappa shape index (κ3) is 5.07. The zero-order valence-corrected chi connectivity index (χ0v) is 15.6. The van der Waals surface area contributed by atoms with E-state index in [0.29, 0.717) is 11.3 Å². The van der Waals surface area contributed by atoms with Crippen LogP contribution in [0.4, 0.5) is 11.4 Å². The number of carbonyl (C=O) groups is 1. The first-order valence-electron chi connectivity index (χ1n) is 8.20. The highest BCUT2D eigenvalue weighted by Crippen LogP contribution is 2.19. The third-order valence-corrected chi connectivity index (χ3v) is 5.09. The third-order valence-electron chi connectivity index (χ3n) is 3.90. The quantitative estimate of drug-likeness (QED) is 0.810. The van der Waals surface area contributed by atoms with Gasteiger partial charge in [0.15, 0.2) is 0 Å². The van der Waals surface area contributed by atoms with E-state index in [4.69, 9.17) is 5.26 Å². The van der Waals surface area contributed by atoms with Crippen molar-refractivity contribution in [1.82, 2.24) is 0 Å². The Morgan fingerprint density at radius 3 is 2.38 bits per heavy atom. The van der Waals surface area contributed by atoms with Gasteiger partial charge in [0, 0.05) is 18.7 Å². The molecule has 0 unspecified atom stereocenters. The topological polar surface area (TPSA) is 90.3 Å². The molecule has 2 aromatic rings. The molecular formula is C19H21N3O3S. The van der Waals surface area contributed by atoms with E-state index in [9.17, 15) is 13.2 Å². The minimum absolute atomic E-state index is 0.0187. The largest absolute Gasteiger partial charge is 0.326 e. The van der Waals surface area contributed by atoms with Crippen molar-refractivity contribution >= 4 is 27.3 Å². The maximum absolute atomic E-state index is 12.3. The molecule has 7 heteroatoms. The van der Waals surface area contributed by atoms with Crippen LogP contribution in [0.2, 0.25) is 0 Å². The van der Waals surface area contributed by atoms with Crippen molar-refractivity contribution < 1.29 is 13.2 Å². The zero-order valence-electron chi connectivity index (χ0n) is 14.8. The highest BCUT2D eigenvalue weighted by atomic mass is 32.2. The highest BCUT2D eigenvalue weighted by Gasteiger charge is 2.19. The fourth-order valence-corrected chi connectivity index (χ4v) is 3.48. The van der Waals surface area contributed by atoms with Gasteiger partial charge in [-0.05, 0) is 42.3 Å². The van der Waals surface area contributed by atoms with Crippen LogP contribution in [0.5, 0.6) is 0 Å². The van der Waals surface area contributed by atoms with Crippen molar-refractivity contribution in [1.29, 1.82) is 5.26 Å². The predicted molar refractivity (Wildman–Crippen MR) is 102 cm³/mol. The predicted octanol–water partition coefficient (Wildman–Crippen LogP) is 2.92. The second kappa shape index (κ2) is 8.50. The molecule has 0 bridgehead atoms. The number of carbonyl (C=O) groups excluding carboxylic acids is 1. The molecule has 2 aromatic carbocycles. The smallest absolute Gasteiger partial charge is 0.232 e. The number of benzene rings is 2. The van der Waals surface area contributed by atoms with Gasteiger partial charge in [-0.15, -0.1) is 0 Å². The van der Waals surface area contributed by atoms with E-state index in [1.807, 2.05) is 37.3 Å². The monoisotopic (exact) mass is 371 g/mol. The first kappa shape index (κ1) is 19.5. The molecule has 26 heavy (non-hydrogen) atoms. The van der Waals surface area contributed by atoms with E-state index >= 15 is 0 Å². The number of para-hydroxylation sites is 1. The minimum Gasteiger partial charge on any atom is -0.326 e. The number of rotatable bonds is 7. The molecular weight excluding hydrogens is 350 g/mol. The summed E-state index contributed by atoms with van der Waals surface area (Å²) in [5.41, 5.74) is 2.63. The first-order valence-corrected chi connectivity index (χ1v) is 10.1. The van der Waals surface area contributed by atoms with Crippen LogP contribution in [-0.2, 0) is 21.2 Å². The van der Waals surface area contributed by atoms with Gasteiger partial charge in [0.05, 0.1) is 23.6 Å². The van der Waals surface area contributed by atoms with E-state index in [1.54, 1.807) is 24.3 Å². The first-order chi connectivity index (χ1) is 12.3. The number of hydrogen-bond donors (Lipinski definition) is 1. The number of aryl methyl sites for hydroxylation is 1. The summed E-state index contributed by atoms with van der Waals surface area (Å²) in [6, 6.07) is 15.7. The summed E-state index contributed by atoms with van der Waals surface area (Å²) < 4.78 is 25.3. The lowest BCUT2D eigenvalue weighted by Gasteiger charge is -2.22. The standard InChI is InChI=1S/C19H21N3O3S/c1-3-16-6-4-5-7-18(16)21-19(23)12-13-22(26(2,24)25)17-10-8-15(14-20)9-11-17/h4-11H,3,12-13H2,1-2H3,(H,21,23). The van der Waals surface area contributed by atoms with E-state index in [-0.39, 0.29) is 18.9 Å². The molecule has 1 amide bonds. The van der Waals surface area contributed by atoms with E-state index in [1.165, 1.54) is 4.31 Å². The van der Waals surface area contributed by atoms with Crippen molar-refractivity contribution in [3.8, 4) is 6.07 Å². The second-order valence-electron chi connectivity index (χ2n) is 5.80. The number of nitrogens with one attached hydrogen (secondary N) is 1. The number of amides is 1. The SMILES string of the molecule is CCc1ccccc1NC(=O)CCN(c1ccc(C#N)cc1)S(C)(=O)=O. The average molecular weight is 371 g/mol. The Morgan fingerprint density at radius 2 is 1.81 bits per heavy atom. The summed E-state index contributed by atoms with van der Waals surface area (Å²) in [6.07, 6.45) is 1.90. The summed E-state index contributed by atoms with van der Waals surface area (Å²) in [4.78, 5) is 12.3. The van der Waals surface area contributed by atoms with Crippen molar-refractivity contribution in [2.75, 3.05) is 22.4 Å². The number of sulfonamides is 1. The molecule has 0 aromatic heterocycles. The van der Waals surface area contributed by atoms with Crippen LogP contribution in [-0.4, -0.2) is 27.1 Å². The fraction of sp³-hybridized carbons (Fsp3) is 0.263. The van der Waals surface area contributed by atoms with Gasteiger partial charge in [-0.2, -0.15) is 5.26 Å².